The summed E-state index contributed by atoms with van der Waals surface area (Å²) in [6.07, 6.45) is 8.64. The van der Waals surface area contributed by atoms with Crippen LogP contribution in [-0.2, 0) is 6.54 Å². The molecule has 1 aliphatic carbocycles. The van der Waals surface area contributed by atoms with E-state index in [1.165, 1.54) is 18.4 Å². The van der Waals surface area contributed by atoms with Gasteiger partial charge in [0.2, 0.25) is 5.43 Å². The first-order valence-corrected chi connectivity index (χ1v) is 9.78. The Bertz CT molecular complexity index is 899. The second-order valence-electron chi connectivity index (χ2n) is 7.38. The highest BCUT2D eigenvalue weighted by molar-refractivity contribution is 5.99. The standard InChI is InChI=1S/C22H27N3O3/c1-23-21(27)18-14-25(17-11-7-4-8-12-17)15-19(20(18)26)22(28)24(2)13-16-9-5-3-6-10-16/h3,5-6,9-10,14-15,17H,4,7-8,11-13H2,1-2H3,(H,23,27). The molecule has 1 N–H and O–H groups in total. The minimum Gasteiger partial charge on any atom is -0.355 e. The fourth-order valence-electron chi connectivity index (χ4n) is 3.77. The highest BCUT2D eigenvalue weighted by Crippen LogP contribution is 2.28. The van der Waals surface area contributed by atoms with Crippen LogP contribution in [0.5, 0.6) is 0 Å². The van der Waals surface area contributed by atoms with Crippen LogP contribution in [0.2, 0.25) is 0 Å². The second kappa shape index (κ2) is 8.87. The van der Waals surface area contributed by atoms with Gasteiger partial charge in [0.1, 0.15) is 11.1 Å². The van der Waals surface area contributed by atoms with Crippen molar-refractivity contribution in [2.45, 2.75) is 44.7 Å². The Morgan fingerprint density at radius 3 is 2.36 bits per heavy atom. The second-order valence-corrected chi connectivity index (χ2v) is 7.38. The normalized spacial score (nSPS) is 14.5. The lowest BCUT2D eigenvalue weighted by Crippen LogP contribution is -2.35. The molecule has 0 bridgehead atoms. The molecule has 0 atom stereocenters. The molecular formula is C22H27N3O3. The van der Waals surface area contributed by atoms with Gasteiger partial charge in [-0.15, -0.1) is 0 Å². The largest absolute Gasteiger partial charge is 0.355 e. The Labute approximate surface area is 165 Å². The minimum atomic E-state index is -0.517. The Kier molecular flexibility index (Phi) is 6.29. The molecule has 1 saturated carbocycles. The molecule has 6 nitrogen and oxygen atoms in total. The maximum absolute atomic E-state index is 13.0. The SMILES string of the molecule is CNC(=O)c1cn(C2CCCCC2)cc(C(=O)N(C)Cc2ccccc2)c1=O. The number of rotatable bonds is 5. The number of nitrogens with zero attached hydrogens (tertiary/aromatic N) is 2. The number of hydrogen-bond donors (Lipinski definition) is 1. The van der Waals surface area contributed by atoms with Crippen LogP contribution in [0.15, 0.2) is 47.5 Å². The fraction of sp³-hybridized carbons (Fsp3) is 0.409. The smallest absolute Gasteiger partial charge is 0.259 e. The lowest BCUT2D eigenvalue weighted by Gasteiger charge is -2.26. The van der Waals surface area contributed by atoms with Gasteiger partial charge in [-0.2, -0.15) is 0 Å². The summed E-state index contributed by atoms with van der Waals surface area (Å²) in [5, 5.41) is 2.51. The molecule has 0 radical (unpaired) electrons. The predicted molar refractivity (Wildman–Crippen MR) is 108 cm³/mol. The van der Waals surface area contributed by atoms with Gasteiger partial charge >= 0.3 is 0 Å². The van der Waals surface area contributed by atoms with Crippen molar-refractivity contribution in [1.82, 2.24) is 14.8 Å². The van der Waals surface area contributed by atoms with E-state index < -0.39 is 11.3 Å². The van der Waals surface area contributed by atoms with Crippen molar-refractivity contribution in [3.63, 3.8) is 0 Å². The molecule has 28 heavy (non-hydrogen) atoms. The third-order valence-electron chi connectivity index (χ3n) is 5.35. The van der Waals surface area contributed by atoms with Gasteiger partial charge in [-0.25, -0.2) is 0 Å². The summed E-state index contributed by atoms with van der Waals surface area (Å²) in [4.78, 5) is 39.7. The predicted octanol–water partition coefficient (Wildman–Crippen LogP) is 2.99. The monoisotopic (exact) mass is 381 g/mol. The number of hydrogen-bond acceptors (Lipinski definition) is 3. The third kappa shape index (κ3) is 4.32. The summed E-state index contributed by atoms with van der Waals surface area (Å²) in [6, 6.07) is 9.83. The Morgan fingerprint density at radius 1 is 1.07 bits per heavy atom. The number of carbonyl (C=O) groups is 2. The number of carbonyl (C=O) groups excluding carboxylic acids is 2. The molecule has 0 spiro atoms. The van der Waals surface area contributed by atoms with Gasteiger partial charge in [-0.1, -0.05) is 49.6 Å². The van der Waals surface area contributed by atoms with E-state index >= 15 is 0 Å². The molecule has 148 valence electrons. The van der Waals surface area contributed by atoms with Crippen LogP contribution < -0.4 is 10.7 Å². The summed E-state index contributed by atoms with van der Waals surface area (Å²) < 4.78 is 1.90. The molecule has 2 amide bonds. The third-order valence-corrected chi connectivity index (χ3v) is 5.35. The van der Waals surface area contributed by atoms with Gasteiger partial charge in [0.15, 0.2) is 0 Å². The molecular weight excluding hydrogens is 354 g/mol. The van der Waals surface area contributed by atoms with Crippen LogP contribution in [0.1, 0.15) is 64.4 Å². The van der Waals surface area contributed by atoms with E-state index in [4.69, 9.17) is 0 Å². The first-order chi connectivity index (χ1) is 13.5. The Morgan fingerprint density at radius 2 is 1.71 bits per heavy atom. The lowest BCUT2D eigenvalue weighted by atomic mass is 9.95. The van der Waals surface area contributed by atoms with Gasteiger partial charge in [0.05, 0.1) is 0 Å². The zero-order valence-electron chi connectivity index (χ0n) is 16.5. The number of amides is 2. The average molecular weight is 381 g/mol. The van der Waals surface area contributed by atoms with E-state index in [1.54, 1.807) is 19.4 Å². The Hall–Kier alpha value is -2.89. The van der Waals surface area contributed by atoms with Crippen molar-refractivity contribution < 1.29 is 9.59 Å². The topological polar surface area (TPSA) is 71.4 Å². The number of pyridine rings is 1. The van der Waals surface area contributed by atoms with Crippen molar-refractivity contribution in [2.24, 2.45) is 0 Å². The highest BCUT2D eigenvalue weighted by atomic mass is 16.2. The van der Waals surface area contributed by atoms with Gasteiger partial charge < -0.3 is 14.8 Å². The maximum Gasteiger partial charge on any atom is 0.259 e. The summed E-state index contributed by atoms with van der Waals surface area (Å²) in [5.41, 5.74) is 0.530. The van der Waals surface area contributed by atoms with Crippen LogP contribution in [-0.4, -0.2) is 35.4 Å². The molecule has 2 aromatic rings. The van der Waals surface area contributed by atoms with Gasteiger partial charge in [0.25, 0.3) is 11.8 Å². The van der Waals surface area contributed by atoms with Crippen LogP contribution in [0.4, 0.5) is 0 Å². The van der Waals surface area contributed by atoms with E-state index in [2.05, 4.69) is 5.32 Å². The number of nitrogens with one attached hydrogen (secondary N) is 1. The van der Waals surface area contributed by atoms with E-state index in [0.29, 0.717) is 6.54 Å². The fourth-order valence-corrected chi connectivity index (χ4v) is 3.77. The molecule has 6 heteroatoms. The molecule has 1 fully saturated rings. The number of benzene rings is 1. The zero-order valence-corrected chi connectivity index (χ0v) is 16.5. The van der Waals surface area contributed by atoms with Crippen molar-refractivity contribution >= 4 is 11.8 Å². The molecule has 1 aromatic heterocycles. The summed E-state index contributed by atoms with van der Waals surface area (Å²) in [5.74, 6) is -0.834. The molecule has 1 aromatic carbocycles. The van der Waals surface area contributed by atoms with E-state index in [1.807, 2.05) is 34.9 Å². The first-order valence-electron chi connectivity index (χ1n) is 9.78. The van der Waals surface area contributed by atoms with Crippen molar-refractivity contribution in [3.8, 4) is 0 Å². The van der Waals surface area contributed by atoms with Crippen LogP contribution in [0.25, 0.3) is 0 Å². The first kappa shape index (κ1) is 19.9. The van der Waals surface area contributed by atoms with E-state index in [0.717, 1.165) is 31.2 Å². The molecule has 0 unspecified atom stereocenters. The maximum atomic E-state index is 13.0. The van der Waals surface area contributed by atoms with Crippen molar-refractivity contribution in [3.05, 3.63) is 69.6 Å². The van der Waals surface area contributed by atoms with Crippen molar-refractivity contribution in [2.75, 3.05) is 14.1 Å². The highest BCUT2D eigenvalue weighted by Gasteiger charge is 2.24. The Balaban J connectivity index is 1.96. The minimum absolute atomic E-state index is 0.0204. The van der Waals surface area contributed by atoms with Gasteiger partial charge in [-0.3, -0.25) is 14.4 Å². The number of aromatic nitrogens is 1. The molecule has 3 rings (SSSR count). The summed E-state index contributed by atoms with van der Waals surface area (Å²) >= 11 is 0. The van der Waals surface area contributed by atoms with Gasteiger partial charge in [0, 0.05) is 39.1 Å². The molecule has 0 aliphatic heterocycles. The van der Waals surface area contributed by atoms with E-state index in [9.17, 15) is 14.4 Å². The molecule has 1 aliphatic rings. The summed E-state index contributed by atoms with van der Waals surface area (Å²) in [7, 11) is 3.16. The van der Waals surface area contributed by atoms with E-state index in [-0.39, 0.29) is 23.1 Å². The molecule has 1 heterocycles. The quantitative estimate of drug-likeness (QED) is 0.865. The van der Waals surface area contributed by atoms with Crippen LogP contribution in [0.3, 0.4) is 0 Å². The van der Waals surface area contributed by atoms with Crippen molar-refractivity contribution in [1.29, 1.82) is 0 Å². The van der Waals surface area contributed by atoms with Crippen LogP contribution in [0, 0.1) is 0 Å². The zero-order chi connectivity index (χ0) is 20.1. The lowest BCUT2D eigenvalue weighted by molar-refractivity contribution is 0.0782. The summed E-state index contributed by atoms with van der Waals surface area (Å²) in [6.45, 7) is 0.396. The van der Waals surface area contributed by atoms with Gasteiger partial charge in [-0.05, 0) is 18.4 Å². The van der Waals surface area contributed by atoms with Crippen LogP contribution >= 0.6 is 0 Å². The average Bonchev–Trinajstić information content (AvgIpc) is 2.74. The molecule has 0 saturated heterocycles.